The number of hydrogen-bond donors (Lipinski definition) is 0. The first kappa shape index (κ1) is 25.4. The standard InChI is InChI=1S/C27H25N3O4S2/c1-3-28(4-2)23-11-10-20(24(17-23)34-18-19-8-6-5-7-9-19)16-25-26(31)29(27(35)36-25)21-12-14-22(15-13-21)30(32)33/h5-17H,3-4,18H2,1-2H3/b25-16-. The van der Waals surface area contributed by atoms with Gasteiger partial charge in [-0.25, -0.2) is 0 Å². The van der Waals surface area contributed by atoms with Crippen molar-refractivity contribution >= 4 is 57.3 Å². The first-order valence-corrected chi connectivity index (χ1v) is 12.7. The number of nitro groups is 1. The van der Waals surface area contributed by atoms with Gasteiger partial charge in [-0.1, -0.05) is 54.3 Å². The zero-order valence-electron chi connectivity index (χ0n) is 19.9. The minimum Gasteiger partial charge on any atom is -0.488 e. The summed E-state index contributed by atoms with van der Waals surface area (Å²) in [5.41, 5.74) is 3.29. The van der Waals surface area contributed by atoms with Crippen LogP contribution in [0.5, 0.6) is 5.75 Å². The quantitative estimate of drug-likeness (QED) is 0.140. The van der Waals surface area contributed by atoms with E-state index in [1.165, 1.54) is 40.9 Å². The molecule has 36 heavy (non-hydrogen) atoms. The van der Waals surface area contributed by atoms with Crippen LogP contribution < -0.4 is 14.5 Å². The SMILES string of the molecule is CCN(CC)c1ccc(/C=C2\SC(=S)N(c3ccc([N+](=O)[O-])cc3)C2=O)c(OCc2ccccc2)c1. The van der Waals surface area contributed by atoms with Gasteiger partial charge in [-0.05, 0) is 49.8 Å². The third kappa shape index (κ3) is 5.58. The van der Waals surface area contributed by atoms with E-state index in [-0.39, 0.29) is 11.6 Å². The van der Waals surface area contributed by atoms with Crippen LogP contribution in [0.3, 0.4) is 0 Å². The normalized spacial score (nSPS) is 14.4. The van der Waals surface area contributed by atoms with E-state index in [0.717, 1.165) is 29.9 Å². The van der Waals surface area contributed by atoms with E-state index < -0.39 is 4.92 Å². The molecule has 3 aromatic carbocycles. The Morgan fingerprint density at radius 1 is 1.06 bits per heavy atom. The molecule has 184 valence electrons. The van der Waals surface area contributed by atoms with Crippen molar-refractivity contribution in [3.05, 3.63) is 98.9 Å². The van der Waals surface area contributed by atoms with Crippen molar-refractivity contribution in [1.82, 2.24) is 0 Å². The summed E-state index contributed by atoms with van der Waals surface area (Å²) in [5, 5.41) is 11.0. The molecule has 0 spiro atoms. The van der Waals surface area contributed by atoms with Crippen LogP contribution in [-0.4, -0.2) is 28.2 Å². The van der Waals surface area contributed by atoms with E-state index >= 15 is 0 Å². The van der Waals surface area contributed by atoms with Crippen LogP contribution in [0.1, 0.15) is 25.0 Å². The van der Waals surface area contributed by atoms with Gasteiger partial charge in [-0.3, -0.25) is 19.8 Å². The Morgan fingerprint density at radius 2 is 1.75 bits per heavy atom. The van der Waals surface area contributed by atoms with E-state index in [4.69, 9.17) is 17.0 Å². The summed E-state index contributed by atoms with van der Waals surface area (Å²) in [6.07, 6.45) is 1.79. The van der Waals surface area contributed by atoms with E-state index in [2.05, 4.69) is 18.7 Å². The van der Waals surface area contributed by atoms with Gasteiger partial charge in [0.2, 0.25) is 0 Å². The molecule has 9 heteroatoms. The topological polar surface area (TPSA) is 75.9 Å². The third-order valence-corrected chi connectivity index (χ3v) is 7.06. The van der Waals surface area contributed by atoms with Crippen LogP contribution in [0, 0.1) is 10.1 Å². The molecule has 0 aromatic heterocycles. The minimum atomic E-state index is -0.479. The molecule has 4 rings (SSSR count). The van der Waals surface area contributed by atoms with Gasteiger partial charge in [0.05, 0.1) is 15.5 Å². The summed E-state index contributed by atoms with van der Waals surface area (Å²) in [7, 11) is 0. The predicted molar refractivity (Wildman–Crippen MR) is 150 cm³/mol. The van der Waals surface area contributed by atoms with Gasteiger partial charge in [0, 0.05) is 42.5 Å². The highest BCUT2D eigenvalue weighted by Gasteiger charge is 2.33. The molecule has 0 atom stereocenters. The van der Waals surface area contributed by atoms with Crippen molar-refractivity contribution in [2.24, 2.45) is 0 Å². The number of ether oxygens (including phenoxy) is 1. The summed E-state index contributed by atoms with van der Waals surface area (Å²) < 4.78 is 6.59. The van der Waals surface area contributed by atoms with Gasteiger partial charge in [0.15, 0.2) is 4.32 Å². The van der Waals surface area contributed by atoms with Gasteiger partial charge in [0.25, 0.3) is 11.6 Å². The lowest BCUT2D eigenvalue weighted by Gasteiger charge is -2.22. The number of anilines is 2. The summed E-state index contributed by atoms with van der Waals surface area (Å²) in [5.74, 6) is 0.393. The Labute approximate surface area is 219 Å². The second-order valence-electron chi connectivity index (χ2n) is 7.96. The maximum atomic E-state index is 13.3. The Morgan fingerprint density at radius 3 is 2.39 bits per heavy atom. The maximum absolute atomic E-state index is 13.3. The number of amides is 1. The number of non-ortho nitro benzene ring substituents is 1. The van der Waals surface area contributed by atoms with E-state index in [9.17, 15) is 14.9 Å². The van der Waals surface area contributed by atoms with Gasteiger partial charge < -0.3 is 9.64 Å². The van der Waals surface area contributed by atoms with E-state index in [1.807, 2.05) is 48.5 Å². The molecular formula is C27H25N3O4S2. The third-order valence-electron chi connectivity index (χ3n) is 5.76. The molecule has 1 saturated heterocycles. The molecule has 3 aromatic rings. The number of thiocarbonyl (C=S) groups is 1. The summed E-state index contributed by atoms with van der Waals surface area (Å²) >= 11 is 6.66. The van der Waals surface area contributed by atoms with Crippen LogP contribution in [0.15, 0.2) is 77.7 Å². The highest BCUT2D eigenvalue weighted by Crippen LogP contribution is 2.38. The number of nitrogens with zero attached hydrogens (tertiary/aromatic N) is 3. The molecule has 0 saturated carbocycles. The number of nitro benzene ring substituents is 1. The second kappa shape index (κ2) is 11.4. The molecule has 1 heterocycles. The van der Waals surface area contributed by atoms with Crippen LogP contribution in [0.4, 0.5) is 17.1 Å². The number of benzene rings is 3. The van der Waals surface area contributed by atoms with Gasteiger partial charge in [0.1, 0.15) is 12.4 Å². The molecule has 0 aliphatic carbocycles. The fourth-order valence-corrected chi connectivity index (χ4v) is 5.13. The molecule has 1 aliphatic rings. The first-order valence-electron chi connectivity index (χ1n) is 11.5. The second-order valence-corrected chi connectivity index (χ2v) is 9.64. The highest BCUT2D eigenvalue weighted by atomic mass is 32.2. The highest BCUT2D eigenvalue weighted by molar-refractivity contribution is 8.27. The number of carbonyl (C=O) groups is 1. The average Bonchev–Trinajstić information content (AvgIpc) is 3.17. The number of thioether (sulfide) groups is 1. The van der Waals surface area contributed by atoms with Crippen molar-refractivity contribution in [2.45, 2.75) is 20.5 Å². The number of rotatable bonds is 9. The molecular weight excluding hydrogens is 494 g/mol. The summed E-state index contributed by atoms with van der Waals surface area (Å²) in [6, 6.07) is 21.6. The Bertz CT molecular complexity index is 1310. The molecule has 1 amide bonds. The summed E-state index contributed by atoms with van der Waals surface area (Å²) in [4.78, 5) is 27.8. The van der Waals surface area contributed by atoms with Crippen LogP contribution in [0.2, 0.25) is 0 Å². The molecule has 1 fully saturated rings. The lowest BCUT2D eigenvalue weighted by Crippen LogP contribution is -2.27. The van der Waals surface area contributed by atoms with Gasteiger partial charge >= 0.3 is 0 Å². The van der Waals surface area contributed by atoms with E-state index in [1.54, 1.807) is 6.08 Å². The number of hydrogen-bond acceptors (Lipinski definition) is 7. The molecule has 0 unspecified atom stereocenters. The molecule has 0 N–H and O–H groups in total. The van der Waals surface area contributed by atoms with Crippen molar-refractivity contribution < 1.29 is 14.5 Å². The maximum Gasteiger partial charge on any atom is 0.270 e. The monoisotopic (exact) mass is 519 g/mol. The van der Waals surface area contributed by atoms with Crippen molar-refractivity contribution in [1.29, 1.82) is 0 Å². The Balaban J connectivity index is 1.64. The van der Waals surface area contributed by atoms with Crippen LogP contribution >= 0.6 is 24.0 Å². The zero-order chi connectivity index (χ0) is 25.7. The fourth-order valence-electron chi connectivity index (χ4n) is 3.84. The van der Waals surface area contributed by atoms with Crippen molar-refractivity contribution in [3.8, 4) is 5.75 Å². The van der Waals surface area contributed by atoms with E-state index in [0.29, 0.717) is 27.3 Å². The lowest BCUT2D eigenvalue weighted by atomic mass is 10.1. The number of carbonyl (C=O) groups excluding carboxylic acids is 1. The molecule has 0 bridgehead atoms. The van der Waals surface area contributed by atoms with Gasteiger partial charge in [-0.2, -0.15) is 0 Å². The molecule has 0 radical (unpaired) electrons. The van der Waals surface area contributed by atoms with Crippen molar-refractivity contribution in [2.75, 3.05) is 22.9 Å². The van der Waals surface area contributed by atoms with Crippen molar-refractivity contribution in [3.63, 3.8) is 0 Å². The predicted octanol–water partition coefficient (Wildman–Crippen LogP) is 6.43. The fraction of sp³-hybridized carbons (Fsp3) is 0.185. The minimum absolute atomic E-state index is 0.0479. The average molecular weight is 520 g/mol. The molecule has 7 nitrogen and oxygen atoms in total. The smallest absolute Gasteiger partial charge is 0.270 e. The van der Waals surface area contributed by atoms with Crippen LogP contribution in [0.25, 0.3) is 6.08 Å². The largest absolute Gasteiger partial charge is 0.488 e. The Hall–Kier alpha value is -3.69. The zero-order valence-corrected chi connectivity index (χ0v) is 21.6. The Kier molecular flexibility index (Phi) is 8.02. The first-order chi connectivity index (χ1) is 17.4. The van der Waals surface area contributed by atoms with Crippen LogP contribution in [-0.2, 0) is 11.4 Å². The molecule has 1 aliphatic heterocycles. The lowest BCUT2D eigenvalue weighted by molar-refractivity contribution is -0.384. The van der Waals surface area contributed by atoms with Gasteiger partial charge in [-0.15, -0.1) is 0 Å². The summed E-state index contributed by atoms with van der Waals surface area (Å²) in [6.45, 7) is 6.33.